The molecule has 7 aromatic carbocycles. The van der Waals surface area contributed by atoms with E-state index in [1.54, 1.807) is 18.2 Å². The van der Waals surface area contributed by atoms with E-state index in [0.29, 0.717) is 5.56 Å². The summed E-state index contributed by atoms with van der Waals surface area (Å²) in [6.07, 6.45) is 1.37. The number of hydrogen-bond acceptors (Lipinski definition) is 1. The summed E-state index contributed by atoms with van der Waals surface area (Å²) in [5, 5.41) is 17.4. The summed E-state index contributed by atoms with van der Waals surface area (Å²) in [6, 6.07) is 71.6. The molecule has 0 bridgehead atoms. The summed E-state index contributed by atoms with van der Waals surface area (Å²) in [4.78, 5) is 0. The number of halogens is 4. The number of phenols is 1. The molecule has 0 aliphatic heterocycles. The predicted octanol–water partition coefficient (Wildman–Crippen LogP) is 9.91. The van der Waals surface area contributed by atoms with Crippen LogP contribution in [0, 0.1) is 26.5 Å². The zero-order chi connectivity index (χ0) is 43.0. The zero-order valence-corrected chi connectivity index (χ0v) is 36.9. The Labute approximate surface area is 377 Å². The van der Waals surface area contributed by atoms with E-state index < -0.39 is 23.1 Å². The number of rotatable bonds is 7. The van der Waals surface area contributed by atoms with Gasteiger partial charge in [0, 0.05) is 43.9 Å². The molecule has 309 valence electrons. The van der Waals surface area contributed by atoms with Crippen LogP contribution >= 0.6 is 15.8 Å². The van der Waals surface area contributed by atoms with Gasteiger partial charge in [0.1, 0.15) is 0 Å². The molecule has 0 aliphatic carbocycles. The van der Waals surface area contributed by atoms with Gasteiger partial charge in [0.05, 0.1) is 0 Å². The van der Waals surface area contributed by atoms with Gasteiger partial charge in [-0.3, -0.25) is 6.58 Å². The molecule has 7 rings (SSSR count). The fraction of sp³-hybridized carbons (Fsp3) is 0. The summed E-state index contributed by atoms with van der Waals surface area (Å²) in [5.41, 5.74) is 0.664. The van der Waals surface area contributed by atoms with Gasteiger partial charge in [-0.15, -0.1) is 11.6 Å². The Bertz CT molecular complexity index is 1850. The SMILES string of the molecule is F[B-](F)(F)F.[C-]#[O+].[C-]#[O+].[C-]#[O+].[CH-]=Cc1ccccc1O.[Mn].[Pt].c1ccc(P(c2ccccc2)c2ccccc2)cc1.c1ccc(P(c2ccccc2)c2ccccc2)cc1. The van der Waals surface area contributed by atoms with Crippen molar-refractivity contribution >= 4 is 61.0 Å². The maximum atomic E-state index is 9.75. The molecule has 0 fully saturated rings. The Morgan fingerprint density at radius 3 is 0.717 bits per heavy atom. The van der Waals surface area contributed by atoms with E-state index in [9.17, 15) is 17.3 Å². The van der Waals surface area contributed by atoms with Crippen LogP contribution in [0.4, 0.5) is 17.3 Å². The molecule has 0 aliphatic rings. The van der Waals surface area contributed by atoms with Gasteiger partial charge in [-0.2, -0.15) is 0 Å². The third-order valence-electron chi connectivity index (χ3n) is 7.20. The van der Waals surface area contributed by atoms with Gasteiger partial charge in [0.25, 0.3) is 0 Å². The van der Waals surface area contributed by atoms with Crippen LogP contribution in [0.15, 0.2) is 206 Å². The summed E-state index contributed by atoms with van der Waals surface area (Å²) in [7, 11) is -6.89. The Kier molecular flexibility index (Phi) is 33.4. The summed E-state index contributed by atoms with van der Waals surface area (Å²) < 4.78 is 61.5. The van der Waals surface area contributed by atoms with E-state index in [-0.39, 0.29) is 43.9 Å². The molecular weight excluding hydrogens is 1030 g/mol. The number of benzene rings is 7. The average Bonchev–Trinajstić information content (AvgIpc) is 3.28. The van der Waals surface area contributed by atoms with Crippen molar-refractivity contribution in [1.82, 2.24) is 0 Å². The minimum atomic E-state index is -6.00. The fourth-order valence-electron chi connectivity index (χ4n) is 4.99. The van der Waals surface area contributed by atoms with Crippen molar-refractivity contribution in [2.45, 2.75) is 0 Å². The van der Waals surface area contributed by atoms with Gasteiger partial charge in [0.2, 0.25) is 0 Å². The second kappa shape index (κ2) is 35.0. The van der Waals surface area contributed by atoms with Crippen molar-refractivity contribution < 1.29 is 74.5 Å². The first-order chi connectivity index (χ1) is 28.2. The maximum Gasteiger partial charge on any atom is 0.0424 e. The molecule has 0 saturated carbocycles. The molecule has 60 heavy (non-hydrogen) atoms. The minimum Gasteiger partial charge on any atom is -0.526 e. The van der Waals surface area contributed by atoms with Gasteiger partial charge >= 0.3 is 41.2 Å². The van der Waals surface area contributed by atoms with Crippen LogP contribution in [0.3, 0.4) is 0 Å². The number of para-hydroxylation sites is 1. The minimum absolute atomic E-state index is 0. The monoisotopic (exact) mass is 1060 g/mol. The van der Waals surface area contributed by atoms with Crippen LogP contribution in [0.2, 0.25) is 0 Å². The van der Waals surface area contributed by atoms with E-state index in [4.69, 9.17) is 25.6 Å². The van der Waals surface area contributed by atoms with Crippen molar-refractivity contribution in [2.24, 2.45) is 0 Å². The van der Waals surface area contributed by atoms with E-state index in [1.165, 1.54) is 37.9 Å². The van der Waals surface area contributed by atoms with Crippen molar-refractivity contribution in [3.8, 4) is 5.75 Å². The van der Waals surface area contributed by atoms with Crippen molar-refractivity contribution in [1.29, 1.82) is 0 Å². The number of phenolic OH excluding ortho intramolecular Hbond substituents is 1. The van der Waals surface area contributed by atoms with Crippen molar-refractivity contribution in [2.75, 3.05) is 0 Å². The standard InChI is InChI=1S/2C18H15P.C8H7O.3CO.BF4.Mn.Pt/c2*1-4-10-16(11-5-1)19(17-12-6-2-7-13-17)18-14-8-3-9-15-18;1-2-7-5-3-4-6-8(7)9;3*1-2;2-1(3,4)5;;/h2*1-15H;1-6,9H;;;;;;/q;;-1;;;;-1;;. The van der Waals surface area contributed by atoms with Crippen LogP contribution in [-0.2, 0) is 52.1 Å². The van der Waals surface area contributed by atoms with Crippen LogP contribution in [0.25, 0.3) is 6.08 Å². The smallest absolute Gasteiger partial charge is 0.0424 e. The molecule has 1 radical (unpaired) electrons. The molecule has 0 unspecified atom stereocenters. The molecule has 0 amide bonds. The first-order valence-corrected chi connectivity index (χ1v) is 19.6. The molecule has 4 nitrogen and oxygen atoms in total. The predicted molar refractivity (Wildman–Crippen MR) is 229 cm³/mol. The molecular formula is C47H37BF4MnO4P2Pt-2. The average molecular weight is 1060 g/mol. The van der Waals surface area contributed by atoms with E-state index in [2.05, 4.69) is 202 Å². The second-order valence-corrected chi connectivity index (χ2v) is 15.3. The topological polar surface area (TPSA) is 79.9 Å². The van der Waals surface area contributed by atoms with E-state index >= 15 is 0 Å². The normalized spacial score (nSPS) is 9.13. The molecule has 0 saturated heterocycles. The molecule has 0 atom stereocenters. The molecule has 1 N–H and O–H groups in total. The van der Waals surface area contributed by atoms with Gasteiger partial charge in [-0.1, -0.05) is 194 Å². The van der Waals surface area contributed by atoms with Gasteiger partial charge in [-0.25, -0.2) is 6.08 Å². The third-order valence-corrected chi connectivity index (χ3v) is 12.1. The summed E-state index contributed by atoms with van der Waals surface area (Å²) in [5.74, 6) is 0.222. The Balaban J connectivity index is 0. The van der Waals surface area contributed by atoms with Gasteiger partial charge in [0.15, 0.2) is 0 Å². The van der Waals surface area contributed by atoms with Crippen molar-refractivity contribution in [3.63, 3.8) is 0 Å². The van der Waals surface area contributed by atoms with Crippen LogP contribution in [0.1, 0.15) is 5.56 Å². The van der Waals surface area contributed by atoms with Crippen molar-refractivity contribution in [3.05, 3.63) is 238 Å². The third kappa shape index (κ3) is 22.5. The quantitative estimate of drug-likeness (QED) is 0.0558. The van der Waals surface area contributed by atoms with E-state index in [1.807, 2.05) is 6.07 Å². The Morgan fingerprint density at radius 2 is 0.567 bits per heavy atom. The molecule has 13 heteroatoms. The van der Waals surface area contributed by atoms with E-state index in [0.717, 1.165) is 0 Å². The number of aromatic hydroxyl groups is 1. The Morgan fingerprint density at radius 1 is 0.400 bits per heavy atom. The summed E-state index contributed by atoms with van der Waals surface area (Å²) in [6.45, 7) is 18.7. The van der Waals surface area contributed by atoms with Gasteiger partial charge in [-0.05, 0) is 53.7 Å². The number of hydrogen-bond donors (Lipinski definition) is 1. The second-order valence-electron chi connectivity index (χ2n) is 10.9. The fourth-order valence-corrected chi connectivity index (χ4v) is 9.60. The zero-order valence-electron chi connectivity index (χ0n) is 31.6. The molecule has 0 aromatic heterocycles. The van der Waals surface area contributed by atoms with Crippen LogP contribution in [-0.4, -0.2) is 12.4 Å². The molecule has 0 heterocycles. The van der Waals surface area contributed by atoms with Crippen LogP contribution < -0.4 is 31.8 Å². The first-order valence-electron chi connectivity index (χ1n) is 17.0. The maximum absolute atomic E-state index is 9.75. The Hall–Kier alpha value is -4.85. The van der Waals surface area contributed by atoms with Gasteiger partial charge < -0.3 is 22.4 Å². The first kappa shape index (κ1) is 57.2. The summed E-state index contributed by atoms with van der Waals surface area (Å²) >= 11 is 0. The molecule has 0 spiro atoms. The van der Waals surface area contributed by atoms with Crippen LogP contribution in [0.5, 0.6) is 5.75 Å². The largest absolute Gasteiger partial charge is 0.526 e. The molecule has 7 aromatic rings.